The van der Waals surface area contributed by atoms with Crippen molar-refractivity contribution in [3.05, 3.63) is 0 Å². The molecule has 116 valence electrons. The molecule has 0 aromatic carbocycles. The van der Waals surface area contributed by atoms with E-state index in [2.05, 4.69) is 10.1 Å². The molecule has 1 heterocycles. The summed E-state index contributed by atoms with van der Waals surface area (Å²) in [6, 6.07) is 0.237. The monoisotopic (exact) mass is 305 g/mol. The number of hydrogen-bond acceptors (Lipinski definition) is 6. The standard InChI is InChI=1S/C12H23N3O4S/c1-20(17,18)10-4-2-3-9(7-10)15-5-6-19-11(8-15)12(13)14-16/h9-11,16H,2-8H2,1H3,(H2,13,14). The minimum Gasteiger partial charge on any atom is -0.409 e. The number of amidine groups is 1. The average Bonchev–Trinajstić information content (AvgIpc) is 2.46. The van der Waals surface area contributed by atoms with Gasteiger partial charge in [-0.15, -0.1) is 0 Å². The van der Waals surface area contributed by atoms with E-state index in [4.69, 9.17) is 15.7 Å². The van der Waals surface area contributed by atoms with Crippen LogP contribution in [0.25, 0.3) is 0 Å². The van der Waals surface area contributed by atoms with Crippen LogP contribution >= 0.6 is 0 Å². The van der Waals surface area contributed by atoms with Gasteiger partial charge in [0.2, 0.25) is 0 Å². The SMILES string of the molecule is CS(=O)(=O)C1CCCC(N2CCOC(C(N)=NO)C2)C1. The van der Waals surface area contributed by atoms with Crippen LogP contribution in [0.4, 0.5) is 0 Å². The van der Waals surface area contributed by atoms with Crippen molar-refractivity contribution in [2.45, 2.75) is 43.1 Å². The second kappa shape index (κ2) is 6.28. The summed E-state index contributed by atoms with van der Waals surface area (Å²) in [5, 5.41) is 11.5. The summed E-state index contributed by atoms with van der Waals surface area (Å²) in [6.45, 7) is 1.83. The minimum atomic E-state index is -2.98. The van der Waals surface area contributed by atoms with Crippen LogP contribution in [0, 0.1) is 0 Å². The van der Waals surface area contributed by atoms with Gasteiger partial charge in [-0.2, -0.15) is 0 Å². The average molecular weight is 305 g/mol. The van der Waals surface area contributed by atoms with Crippen LogP contribution in [-0.2, 0) is 14.6 Å². The molecule has 0 radical (unpaired) electrons. The summed E-state index contributed by atoms with van der Waals surface area (Å²) in [7, 11) is -2.98. The molecule has 1 aliphatic heterocycles. The molecule has 8 heteroatoms. The third-order valence-corrected chi connectivity index (χ3v) is 5.90. The Morgan fingerprint density at radius 1 is 1.45 bits per heavy atom. The number of nitrogens with two attached hydrogens (primary N) is 1. The molecule has 1 saturated heterocycles. The fraction of sp³-hybridized carbons (Fsp3) is 0.917. The zero-order valence-corrected chi connectivity index (χ0v) is 12.6. The topological polar surface area (TPSA) is 105 Å². The maximum Gasteiger partial charge on any atom is 0.169 e. The lowest BCUT2D eigenvalue weighted by Gasteiger charge is -2.41. The number of rotatable bonds is 3. The lowest BCUT2D eigenvalue weighted by molar-refractivity contribution is -0.0191. The van der Waals surface area contributed by atoms with Crippen molar-refractivity contribution in [3.8, 4) is 0 Å². The van der Waals surface area contributed by atoms with Crippen molar-refractivity contribution in [2.75, 3.05) is 26.0 Å². The fourth-order valence-corrected chi connectivity index (χ4v) is 4.25. The van der Waals surface area contributed by atoms with Gasteiger partial charge in [0.05, 0.1) is 11.9 Å². The molecule has 0 aromatic rings. The van der Waals surface area contributed by atoms with Gasteiger partial charge in [-0.05, 0) is 19.3 Å². The molecule has 3 unspecified atom stereocenters. The highest BCUT2D eigenvalue weighted by Crippen LogP contribution is 2.28. The Morgan fingerprint density at radius 3 is 2.85 bits per heavy atom. The van der Waals surface area contributed by atoms with Gasteiger partial charge in [0.25, 0.3) is 0 Å². The Labute approximate surface area is 119 Å². The zero-order valence-electron chi connectivity index (χ0n) is 11.7. The first-order valence-electron chi connectivity index (χ1n) is 6.93. The van der Waals surface area contributed by atoms with Gasteiger partial charge < -0.3 is 15.7 Å². The number of oxime groups is 1. The van der Waals surface area contributed by atoms with Gasteiger partial charge in [-0.1, -0.05) is 11.6 Å². The summed E-state index contributed by atoms with van der Waals surface area (Å²) in [5.74, 6) is 0.0742. The highest BCUT2D eigenvalue weighted by atomic mass is 32.2. The van der Waals surface area contributed by atoms with Crippen LogP contribution in [0.15, 0.2) is 5.16 Å². The normalized spacial score (nSPS) is 34.0. The highest BCUT2D eigenvalue weighted by Gasteiger charge is 2.34. The van der Waals surface area contributed by atoms with Crippen LogP contribution in [0.1, 0.15) is 25.7 Å². The van der Waals surface area contributed by atoms with Gasteiger partial charge in [-0.3, -0.25) is 4.90 Å². The van der Waals surface area contributed by atoms with Gasteiger partial charge in [-0.25, -0.2) is 8.42 Å². The second-order valence-corrected chi connectivity index (χ2v) is 7.98. The molecule has 3 N–H and O–H groups in total. The van der Waals surface area contributed by atoms with E-state index in [0.29, 0.717) is 19.6 Å². The lowest BCUT2D eigenvalue weighted by atomic mass is 9.93. The Bertz CT molecular complexity index is 465. The van der Waals surface area contributed by atoms with Crippen LogP contribution < -0.4 is 5.73 Å². The molecule has 1 saturated carbocycles. The first kappa shape index (κ1) is 15.5. The predicted octanol–water partition coefficient (Wildman–Crippen LogP) is -0.211. The van der Waals surface area contributed by atoms with Gasteiger partial charge in [0.15, 0.2) is 5.84 Å². The number of sulfone groups is 1. The highest BCUT2D eigenvalue weighted by molar-refractivity contribution is 7.91. The van der Waals surface area contributed by atoms with Crippen molar-refractivity contribution in [3.63, 3.8) is 0 Å². The summed E-state index contributed by atoms with van der Waals surface area (Å²) >= 11 is 0. The summed E-state index contributed by atoms with van der Waals surface area (Å²) in [4.78, 5) is 2.21. The van der Waals surface area contributed by atoms with Gasteiger partial charge >= 0.3 is 0 Å². The molecule has 2 aliphatic rings. The molecular weight excluding hydrogens is 282 g/mol. The van der Waals surface area contributed by atoms with Gasteiger partial charge in [0.1, 0.15) is 15.9 Å². The van der Waals surface area contributed by atoms with Crippen LogP contribution in [-0.4, -0.2) is 67.7 Å². The number of hydrogen-bond donors (Lipinski definition) is 2. The van der Waals surface area contributed by atoms with E-state index in [-0.39, 0.29) is 17.1 Å². The number of nitrogens with zero attached hydrogens (tertiary/aromatic N) is 2. The molecule has 3 atom stereocenters. The lowest BCUT2D eigenvalue weighted by Crippen LogP contribution is -2.53. The molecule has 2 rings (SSSR count). The van der Waals surface area contributed by atoms with E-state index >= 15 is 0 Å². The van der Waals surface area contributed by atoms with Crippen molar-refractivity contribution in [1.82, 2.24) is 4.90 Å². The van der Waals surface area contributed by atoms with E-state index in [9.17, 15) is 8.42 Å². The van der Waals surface area contributed by atoms with Crippen molar-refractivity contribution >= 4 is 15.7 Å². The largest absolute Gasteiger partial charge is 0.409 e. The Kier molecular flexibility index (Phi) is 4.87. The third-order valence-electron chi connectivity index (χ3n) is 4.26. The fourth-order valence-electron chi connectivity index (χ4n) is 3.08. The first-order valence-corrected chi connectivity index (χ1v) is 8.89. The van der Waals surface area contributed by atoms with Gasteiger partial charge in [0, 0.05) is 25.4 Å². The molecule has 0 bridgehead atoms. The molecule has 20 heavy (non-hydrogen) atoms. The van der Waals surface area contributed by atoms with Crippen molar-refractivity contribution in [2.24, 2.45) is 10.9 Å². The minimum absolute atomic E-state index is 0.0742. The van der Waals surface area contributed by atoms with Crippen molar-refractivity contribution < 1.29 is 18.4 Å². The molecule has 1 aliphatic carbocycles. The molecule has 0 aromatic heterocycles. The van der Waals surface area contributed by atoms with Crippen LogP contribution in [0.5, 0.6) is 0 Å². The number of morpholine rings is 1. The van der Waals surface area contributed by atoms with E-state index in [1.165, 1.54) is 6.26 Å². The number of ether oxygens (including phenoxy) is 1. The van der Waals surface area contributed by atoms with Crippen LogP contribution in [0.2, 0.25) is 0 Å². The molecular formula is C12H23N3O4S. The maximum absolute atomic E-state index is 11.7. The molecule has 2 fully saturated rings. The quantitative estimate of drug-likeness (QED) is 0.323. The second-order valence-electron chi connectivity index (χ2n) is 5.65. The molecule has 0 amide bonds. The molecule has 0 spiro atoms. The zero-order chi connectivity index (χ0) is 14.8. The first-order chi connectivity index (χ1) is 9.41. The summed E-state index contributed by atoms with van der Waals surface area (Å²) < 4.78 is 28.9. The van der Waals surface area contributed by atoms with Crippen LogP contribution in [0.3, 0.4) is 0 Å². The summed E-state index contributed by atoms with van der Waals surface area (Å²) in [5.41, 5.74) is 5.59. The van der Waals surface area contributed by atoms with E-state index < -0.39 is 15.9 Å². The van der Waals surface area contributed by atoms with E-state index in [1.807, 2.05) is 0 Å². The smallest absolute Gasteiger partial charge is 0.169 e. The predicted molar refractivity (Wildman–Crippen MR) is 75.6 cm³/mol. The maximum atomic E-state index is 11.7. The Balaban J connectivity index is 2.00. The molecule has 7 nitrogen and oxygen atoms in total. The Hall–Kier alpha value is -0.860. The Morgan fingerprint density at radius 2 is 2.20 bits per heavy atom. The van der Waals surface area contributed by atoms with E-state index in [1.54, 1.807) is 0 Å². The summed E-state index contributed by atoms with van der Waals surface area (Å²) in [6.07, 6.45) is 4.25. The van der Waals surface area contributed by atoms with Crippen molar-refractivity contribution in [1.29, 1.82) is 0 Å². The van der Waals surface area contributed by atoms with E-state index in [0.717, 1.165) is 25.8 Å². The third kappa shape index (κ3) is 3.62.